The zero-order chi connectivity index (χ0) is 15.6. The molecule has 0 aliphatic carbocycles. The van der Waals surface area contributed by atoms with Gasteiger partial charge in [0.15, 0.2) is 5.69 Å². The van der Waals surface area contributed by atoms with E-state index in [9.17, 15) is 18.0 Å². The predicted molar refractivity (Wildman–Crippen MR) is 71.1 cm³/mol. The maximum atomic E-state index is 12.5. The van der Waals surface area contributed by atoms with Crippen molar-refractivity contribution in [3.05, 3.63) is 40.9 Å². The number of carbonyl (C=O) groups excluding carboxylic acids is 1. The van der Waals surface area contributed by atoms with E-state index in [1.165, 1.54) is 19.2 Å². The van der Waals surface area contributed by atoms with Crippen molar-refractivity contribution < 1.29 is 22.7 Å². The third kappa shape index (κ3) is 3.31. The molecule has 1 aromatic carbocycles. The van der Waals surface area contributed by atoms with Crippen LogP contribution in [-0.2, 0) is 6.18 Å². The fourth-order valence-electron chi connectivity index (χ4n) is 1.49. The lowest BCUT2D eigenvalue weighted by Gasteiger charge is -2.13. The lowest BCUT2D eigenvalue weighted by molar-refractivity contribution is -0.140. The van der Waals surface area contributed by atoms with Crippen LogP contribution in [-0.4, -0.2) is 18.0 Å². The third-order valence-electron chi connectivity index (χ3n) is 2.52. The summed E-state index contributed by atoms with van der Waals surface area (Å²) in [6.07, 6.45) is -4.57. The molecule has 0 radical (unpaired) electrons. The molecule has 2 N–H and O–H groups in total. The highest BCUT2D eigenvalue weighted by molar-refractivity contribution is 7.14. The number of thiazole rings is 1. The second-order valence-corrected chi connectivity index (χ2v) is 4.76. The minimum absolute atomic E-state index is 0.181. The second-order valence-electron chi connectivity index (χ2n) is 3.92. The first-order valence-electron chi connectivity index (χ1n) is 5.59. The van der Waals surface area contributed by atoms with Crippen LogP contribution in [0.25, 0.3) is 0 Å². The van der Waals surface area contributed by atoms with E-state index >= 15 is 0 Å². The molecule has 0 saturated heterocycles. The number of amides is 1. The van der Waals surface area contributed by atoms with Crippen LogP contribution in [0, 0.1) is 0 Å². The first-order valence-corrected chi connectivity index (χ1v) is 6.47. The largest absolute Gasteiger partial charge is 0.497 e. The molecule has 0 aliphatic rings. The molecular weight excluding hydrogens is 307 g/mol. The summed E-state index contributed by atoms with van der Waals surface area (Å²) < 4.78 is 42.4. The number of carbonyl (C=O) groups is 1. The van der Waals surface area contributed by atoms with Gasteiger partial charge in [0, 0.05) is 10.9 Å². The summed E-state index contributed by atoms with van der Waals surface area (Å²) in [5, 5.41) is 1.14. The number of nitrogens with two attached hydrogens (primary N) is 1. The fraction of sp³-hybridized carbons (Fsp3) is 0.167. The van der Waals surface area contributed by atoms with Crippen LogP contribution in [0.2, 0.25) is 0 Å². The Balaban J connectivity index is 2.24. The highest BCUT2D eigenvalue weighted by Crippen LogP contribution is 2.32. The van der Waals surface area contributed by atoms with Crippen LogP contribution in [0.5, 0.6) is 5.75 Å². The van der Waals surface area contributed by atoms with Crippen molar-refractivity contribution in [3.8, 4) is 5.75 Å². The van der Waals surface area contributed by atoms with Crippen molar-refractivity contribution in [3.63, 3.8) is 0 Å². The molecule has 0 bridgehead atoms. The van der Waals surface area contributed by atoms with Crippen molar-refractivity contribution in [1.29, 1.82) is 0 Å². The van der Waals surface area contributed by atoms with E-state index < -0.39 is 17.8 Å². The number of hydrazine groups is 1. The molecule has 1 heterocycles. The van der Waals surface area contributed by atoms with Gasteiger partial charge in [-0.1, -0.05) is 6.07 Å². The molecule has 0 spiro atoms. The molecule has 2 rings (SSSR count). The molecule has 1 amide bonds. The Hall–Kier alpha value is -2.13. The molecule has 1 aromatic heterocycles. The minimum Gasteiger partial charge on any atom is -0.497 e. The van der Waals surface area contributed by atoms with Gasteiger partial charge in [-0.3, -0.25) is 4.79 Å². The predicted octanol–water partition coefficient (Wildman–Crippen LogP) is 2.69. The van der Waals surface area contributed by atoms with Crippen LogP contribution in [0.15, 0.2) is 29.6 Å². The molecule has 0 unspecified atom stereocenters. The van der Waals surface area contributed by atoms with Crippen LogP contribution in [0.1, 0.15) is 16.1 Å². The monoisotopic (exact) mass is 317 g/mol. The van der Waals surface area contributed by atoms with Gasteiger partial charge < -0.3 is 4.74 Å². The second kappa shape index (κ2) is 5.70. The number of halogens is 3. The van der Waals surface area contributed by atoms with Crippen molar-refractivity contribution in [2.75, 3.05) is 12.1 Å². The molecule has 21 heavy (non-hydrogen) atoms. The van der Waals surface area contributed by atoms with E-state index in [0.29, 0.717) is 22.1 Å². The van der Waals surface area contributed by atoms with Crippen molar-refractivity contribution in [1.82, 2.24) is 4.98 Å². The Morgan fingerprint density at radius 2 is 2.14 bits per heavy atom. The summed E-state index contributed by atoms with van der Waals surface area (Å²) in [4.78, 5) is 15.4. The van der Waals surface area contributed by atoms with Crippen LogP contribution < -0.4 is 15.6 Å². The molecule has 112 valence electrons. The number of hydrogen-bond donors (Lipinski definition) is 1. The number of anilines is 1. The molecule has 0 fully saturated rings. The maximum absolute atomic E-state index is 12.5. The normalized spacial score (nSPS) is 11.3. The summed E-state index contributed by atoms with van der Waals surface area (Å²) in [6.45, 7) is 0. The quantitative estimate of drug-likeness (QED) is 0.537. The van der Waals surface area contributed by atoms with Crippen LogP contribution in [0.4, 0.5) is 18.3 Å². The van der Waals surface area contributed by atoms with E-state index in [1.807, 2.05) is 0 Å². The first kappa shape index (κ1) is 15.3. The highest BCUT2D eigenvalue weighted by atomic mass is 32.1. The van der Waals surface area contributed by atoms with Crippen molar-refractivity contribution >= 4 is 22.4 Å². The van der Waals surface area contributed by atoms with Crippen molar-refractivity contribution in [2.24, 2.45) is 5.84 Å². The van der Waals surface area contributed by atoms with Gasteiger partial charge in [0.25, 0.3) is 5.91 Å². The van der Waals surface area contributed by atoms with E-state index in [1.54, 1.807) is 12.1 Å². The molecule has 0 atom stereocenters. The number of aromatic nitrogens is 1. The third-order valence-corrected chi connectivity index (χ3v) is 3.36. The lowest BCUT2D eigenvalue weighted by Crippen LogP contribution is -2.37. The lowest BCUT2D eigenvalue weighted by atomic mass is 10.2. The van der Waals surface area contributed by atoms with Gasteiger partial charge in [-0.15, -0.1) is 11.3 Å². The molecule has 2 aromatic rings. The Morgan fingerprint density at radius 1 is 1.43 bits per heavy atom. The Bertz CT molecular complexity index is 657. The molecule has 0 saturated carbocycles. The summed E-state index contributed by atoms with van der Waals surface area (Å²) >= 11 is 0.635. The Morgan fingerprint density at radius 3 is 2.71 bits per heavy atom. The average Bonchev–Trinajstić information content (AvgIpc) is 2.95. The van der Waals surface area contributed by atoms with Gasteiger partial charge in [-0.05, 0) is 18.2 Å². The minimum atomic E-state index is -4.57. The SMILES string of the molecule is COc1cccc(C(=O)N(N)c2nc(C(F)(F)F)cs2)c1. The van der Waals surface area contributed by atoms with Gasteiger partial charge in [-0.2, -0.15) is 13.2 Å². The number of methoxy groups -OCH3 is 1. The fourth-order valence-corrected chi connectivity index (χ4v) is 2.24. The summed E-state index contributed by atoms with van der Waals surface area (Å²) in [5.74, 6) is 5.29. The van der Waals surface area contributed by atoms with Gasteiger partial charge in [0.1, 0.15) is 5.75 Å². The summed E-state index contributed by atoms with van der Waals surface area (Å²) in [7, 11) is 1.43. The first-order chi connectivity index (χ1) is 9.82. The van der Waals surface area contributed by atoms with Gasteiger partial charge in [0.05, 0.1) is 7.11 Å². The number of rotatable bonds is 3. The number of nitrogens with zero attached hydrogens (tertiary/aromatic N) is 2. The molecule has 5 nitrogen and oxygen atoms in total. The summed E-state index contributed by atoms with van der Waals surface area (Å²) in [5.41, 5.74) is -0.906. The number of benzene rings is 1. The number of alkyl halides is 3. The Kier molecular flexibility index (Phi) is 4.14. The molecular formula is C12H10F3N3O2S. The molecule has 0 aliphatic heterocycles. The standard InChI is InChI=1S/C12H10F3N3O2S/c1-20-8-4-2-3-7(5-8)10(19)18(16)11-17-9(6-21-11)12(13,14)15/h2-6H,16H2,1H3. The smallest absolute Gasteiger partial charge is 0.434 e. The highest BCUT2D eigenvalue weighted by Gasteiger charge is 2.34. The van der Waals surface area contributed by atoms with E-state index in [0.717, 1.165) is 5.38 Å². The van der Waals surface area contributed by atoms with Gasteiger partial charge >= 0.3 is 6.18 Å². The van der Waals surface area contributed by atoms with Gasteiger partial charge in [0.2, 0.25) is 5.13 Å². The summed E-state index contributed by atoms with van der Waals surface area (Å²) in [6, 6.07) is 6.11. The van der Waals surface area contributed by atoms with E-state index in [2.05, 4.69) is 4.98 Å². The zero-order valence-electron chi connectivity index (χ0n) is 10.7. The maximum Gasteiger partial charge on any atom is 0.434 e. The van der Waals surface area contributed by atoms with Crippen molar-refractivity contribution in [2.45, 2.75) is 6.18 Å². The number of ether oxygens (including phenoxy) is 1. The Labute approximate surface area is 121 Å². The zero-order valence-corrected chi connectivity index (χ0v) is 11.5. The average molecular weight is 317 g/mol. The molecule has 9 heteroatoms. The van der Waals surface area contributed by atoms with E-state index in [4.69, 9.17) is 10.6 Å². The van der Waals surface area contributed by atoms with E-state index in [-0.39, 0.29) is 10.7 Å². The van der Waals surface area contributed by atoms with Crippen LogP contribution in [0.3, 0.4) is 0 Å². The number of hydrogen-bond acceptors (Lipinski definition) is 5. The topological polar surface area (TPSA) is 68.5 Å². The van der Waals surface area contributed by atoms with Gasteiger partial charge in [-0.25, -0.2) is 15.8 Å². The van der Waals surface area contributed by atoms with Crippen LogP contribution >= 0.6 is 11.3 Å².